The summed E-state index contributed by atoms with van der Waals surface area (Å²) in [6.45, 7) is 9.73. The monoisotopic (exact) mass is 583 g/mol. The number of sulfonamides is 1. The Balaban J connectivity index is 2.06. The van der Waals surface area contributed by atoms with Crippen molar-refractivity contribution in [1.29, 1.82) is 0 Å². The van der Waals surface area contributed by atoms with Gasteiger partial charge in [0.05, 0.1) is 10.6 Å². The van der Waals surface area contributed by atoms with Crippen LogP contribution in [0.5, 0.6) is 0 Å². The Morgan fingerprint density at radius 3 is 2.25 bits per heavy atom. The van der Waals surface area contributed by atoms with Crippen molar-refractivity contribution in [2.24, 2.45) is 5.92 Å². The van der Waals surface area contributed by atoms with E-state index in [1.807, 2.05) is 58.9 Å². The third-order valence-electron chi connectivity index (χ3n) is 6.56. The lowest BCUT2D eigenvalue weighted by atomic mass is 10.1. The van der Waals surface area contributed by atoms with E-state index in [-0.39, 0.29) is 29.0 Å². The van der Waals surface area contributed by atoms with E-state index in [0.717, 1.165) is 21.0 Å². The molecular weight excluding hydrogens is 546 g/mol. The van der Waals surface area contributed by atoms with Gasteiger partial charge >= 0.3 is 0 Å². The summed E-state index contributed by atoms with van der Waals surface area (Å²) in [5, 5.41) is 3.32. The molecule has 1 N–H and O–H groups in total. The minimum absolute atomic E-state index is 0.0476. The van der Waals surface area contributed by atoms with Crippen molar-refractivity contribution in [3.05, 3.63) is 94.5 Å². The number of carbonyl (C=O) groups excluding carboxylic acids is 2. The first kappa shape index (κ1) is 31.2. The Kier molecular flexibility index (Phi) is 10.8. The fourth-order valence-electron chi connectivity index (χ4n) is 4.33. The summed E-state index contributed by atoms with van der Waals surface area (Å²) in [7, 11) is -4.14. The average molecular weight is 584 g/mol. The smallest absolute Gasteiger partial charge is 0.264 e. The summed E-state index contributed by atoms with van der Waals surface area (Å²) in [4.78, 5) is 28.9. The molecule has 0 saturated carbocycles. The second-order valence-corrected chi connectivity index (χ2v) is 12.6. The lowest BCUT2D eigenvalue weighted by molar-refractivity contribution is -0.140. The summed E-state index contributed by atoms with van der Waals surface area (Å²) in [5.41, 5.74) is 2.91. The molecule has 0 aliphatic carbocycles. The van der Waals surface area contributed by atoms with Crippen LogP contribution >= 0.6 is 11.6 Å². The number of nitrogens with zero attached hydrogens (tertiary/aromatic N) is 2. The molecule has 0 radical (unpaired) electrons. The Bertz CT molecular complexity index is 1430. The van der Waals surface area contributed by atoms with Crippen molar-refractivity contribution in [3.63, 3.8) is 0 Å². The average Bonchev–Trinajstić information content (AvgIpc) is 2.92. The number of aryl methyl sites for hydroxylation is 2. The van der Waals surface area contributed by atoms with Gasteiger partial charge in [0.2, 0.25) is 11.8 Å². The normalized spacial score (nSPS) is 12.2. The quantitative estimate of drug-likeness (QED) is 0.295. The molecule has 9 heteroatoms. The molecule has 0 bridgehead atoms. The van der Waals surface area contributed by atoms with E-state index in [1.165, 1.54) is 17.0 Å². The molecule has 7 nitrogen and oxygen atoms in total. The highest BCUT2D eigenvalue weighted by Crippen LogP contribution is 2.28. The zero-order valence-corrected chi connectivity index (χ0v) is 25.3. The second-order valence-electron chi connectivity index (χ2n) is 10.3. The van der Waals surface area contributed by atoms with Crippen LogP contribution in [-0.4, -0.2) is 44.3 Å². The van der Waals surface area contributed by atoms with Gasteiger partial charge in [0.1, 0.15) is 12.6 Å². The standard InChI is InChI=1S/C31H38ClN3O4S/c1-6-29(31(37)33-19-22(2)3)34(20-25-12-10-11-23(4)17-25)30(36)21-35(26-16-15-24(5)28(32)18-26)40(38,39)27-13-8-7-9-14-27/h7-18,22,29H,6,19-21H2,1-5H3,(H,33,37)/t29-/m0/s1. The lowest BCUT2D eigenvalue weighted by Crippen LogP contribution is -2.52. The summed E-state index contributed by atoms with van der Waals surface area (Å²) in [5.74, 6) is -0.530. The van der Waals surface area contributed by atoms with Crippen LogP contribution in [0.15, 0.2) is 77.7 Å². The SMILES string of the molecule is CC[C@@H](C(=O)NCC(C)C)N(Cc1cccc(C)c1)C(=O)CN(c1ccc(C)c(Cl)c1)S(=O)(=O)c1ccccc1. The van der Waals surface area contributed by atoms with Gasteiger partial charge in [0, 0.05) is 18.1 Å². The Morgan fingerprint density at radius 2 is 1.65 bits per heavy atom. The number of hydrogen-bond donors (Lipinski definition) is 1. The van der Waals surface area contributed by atoms with Gasteiger partial charge in [-0.05, 0) is 61.6 Å². The zero-order valence-electron chi connectivity index (χ0n) is 23.7. The minimum Gasteiger partial charge on any atom is -0.354 e. The van der Waals surface area contributed by atoms with Crippen LogP contribution in [0, 0.1) is 19.8 Å². The molecule has 0 saturated heterocycles. The summed E-state index contributed by atoms with van der Waals surface area (Å²) >= 11 is 6.38. The summed E-state index contributed by atoms with van der Waals surface area (Å²) < 4.78 is 28.8. The van der Waals surface area contributed by atoms with Crippen molar-refractivity contribution in [2.75, 3.05) is 17.4 Å². The van der Waals surface area contributed by atoms with E-state index in [0.29, 0.717) is 18.0 Å². The second kappa shape index (κ2) is 13.8. The fraction of sp³-hybridized carbons (Fsp3) is 0.355. The molecule has 0 heterocycles. The number of anilines is 1. The molecule has 0 aliphatic rings. The van der Waals surface area contributed by atoms with E-state index in [4.69, 9.17) is 11.6 Å². The largest absolute Gasteiger partial charge is 0.354 e. The third kappa shape index (κ3) is 7.86. The van der Waals surface area contributed by atoms with Crippen molar-refractivity contribution in [3.8, 4) is 0 Å². The number of rotatable bonds is 12. The van der Waals surface area contributed by atoms with Gasteiger partial charge < -0.3 is 10.2 Å². The Morgan fingerprint density at radius 1 is 0.950 bits per heavy atom. The van der Waals surface area contributed by atoms with E-state index < -0.39 is 28.5 Å². The number of hydrogen-bond acceptors (Lipinski definition) is 4. The molecule has 0 aromatic heterocycles. The zero-order chi connectivity index (χ0) is 29.4. The number of nitrogens with one attached hydrogen (secondary N) is 1. The third-order valence-corrected chi connectivity index (χ3v) is 8.75. The predicted octanol–water partition coefficient (Wildman–Crippen LogP) is 5.73. The van der Waals surface area contributed by atoms with Gasteiger partial charge in [-0.1, -0.05) is 86.5 Å². The van der Waals surface area contributed by atoms with Crippen LogP contribution in [0.1, 0.15) is 43.9 Å². The van der Waals surface area contributed by atoms with Crippen molar-refractivity contribution in [2.45, 2.75) is 58.5 Å². The molecule has 2 amide bonds. The number of benzene rings is 3. The first-order chi connectivity index (χ1) is 18.9. The van der Waals surface area contributed by atoms with Crippen LogP contribution < -0.4 is 9.62 Å². The summed E-state index contributed by atoms with van der Waals surface area (Å²) in [6.07, 6.45) is 0.364. The van der Waals surface area contributed by atoms with E-state index >= 15 is 0 Å². The van der Waals surface area contributed by atoms with E-state index in [1.54, 1.807) is 36.4 Å². The van der Waals surface area contributed by atoms with Crippen molar-refractivity contribution >= 4 is 39.1 Å². The lowest BCUT2D eigenvalue weighted by Gasteiger charge is -2.33. The molecule has 214 valence electrons. The van der Waals surface area contributed by atoms with E-state index in [2.05, 4.69) is 5.32 Å². The Hall–Kier alpha value is -3.36. The molecule has 0 spiro atoms. The molecule has 3 aromatic carbocycles. The van der Waals surface area contributed by atoms with Crippen LogP contribution in [-0.2, 0) is 26.2 Å². The van der Waals surface area contributed by atoms with Crippen LogP contribution in [0.25, 0.3) is 0 Å². The highest BCUT2D eigenvalue weighted by Gasteiger charge is 2.33. The molecular formula is C31H38ClN3O4S. The van der Waals surface area contributed by atoms with Gasteiger partial charge in [-0.2, -0.15) is 0 Å². The first-order valence-electron chi connectivity index (χ1n) is 13.4. The molecule has 3 aromatic rings. The van der Waals surface area contributed by atoms with Crippen LogP contribution in [0.3, 0.4) is 0 Å². The van der Waals surface area contributed by atoms with Gasteiger partial charge in [0.15, 0.2) is 0 Å². The Labute approximate surface area is 243 Å². The molecule has 3 rings (SSSR count). The van der Waals surface area contributed by atoms with Crippen molar-refractivity contribution < 1.29 is 18.0 Å². The maximum Gasteiger partial charge on any atom is 0.264 e. The first-order valence-corrected chi connectivity index (χ1v) is 15.2. The van der Waals surface area contributed by atoms with Crippen LogP contribution in [0.2, 0.25) is 5.02 Å². The van der Waals surface area contributed by atoms with Gasteiger partial charge in [-0.15, -0.1) is 0 Å². The van der Waals surface area contributed by atoms with Crippen LogP contribution in [0.4, 0.5) is 5.69 Å². The molecule has 0 unspecified atom stereocenters. The predicted molar refractivity (Wildman–Crippen MR) is 161 cm³/mol. The summed E-state index contributed by atoms with van der Waals surface area (Å²) in [6, 6.07) is 19.8. The number of halogens is 1. The topological polar surface area (TPSA) is 86.8 Å². The maximum absolute atomic E-state index is 14.1. The molecule has 40 heavy (non-hydrogen) atoms. The number of carbonyl (C=O) groups is 2. The highest BCUT2D eigenvalue weighted by atomic mass is 35.5. The minimum atomic E-state index is -4.14. The molecule has 0 aliphatic heterocycles. The van der Waals surface area contributed by atoms with Crippen molar-refractivity contribution in [1.82, 2.24) is 10.2 Å². The van der Waals surface area contributed by atoms with Gasteiger partial charge in [-0.3, -0.25) is 13.9 Å². The number of amides is 2. The highest BCUT2D eigenvalue weighted by molar-refractivity contribution is 7.92. The fourth-order valence-corrected chi connectivity index (χ4v) is 5.94. The maximum atomic E-state index is 14.1. The van der Waals surface area contributed by atoms with Gasteiger partial charge in [0.25, 0.3) is 10.0 Å². The van der Waals surface area contributed by atoms with Gasteiger partial charge in [-0.25, -0.2) is 8.42 Å². The van der Waals surface area contributed by atoms with E-state index in [9.17, 15) is 18.0 Å². The molecule has 1 atom stereocenters. The molecule has 0 fully saturated rings.